The molecule has 0 saturated carbocycles. The molecule has 0 radical (unpaired) electrons. The van der Waals surface area contributed by atoms with Crippen LogP contribution >= 0.6 is 0 Å². The molecule has 0 atom stereocenters. The highest BCUT2D eigenvalue weighted by atomic mass is 16.3. The molecule has 12 heavy (non-hydrogen) atoms. The van der Waals surface area contributed by atoms with Crippen molar-refractivity contribution in [1.82, 2.24) is 4.98 Å². The molecule has 0 bridgehead atoms. The summed E-state index contributed by atoms with van der Waals surface area (Å²) in [6, 6.07) is 0. The van der Waals surface area contributed by atoms with Crippen molar-refractivity contribution in [3.63, 3.8) is 0 Å². The molecule has 0 aliphatic heterocycles. The SMILES string of the molecule is CC(=NC(C)(C)C)c1cocn1. The smallest absolute Gasteiger partial charge is 0.181 e. The van der Waals surface area contributed by atoms with Crippen LogP contribution in [-0.2, 0) is 0 Å². The van der Waals surface area contributed by atoms with E-state index in [1.165, 1.54) is 6.39 Å². The van der Waals surface area contributed by atoms with Crippen LogP contribution in [0.2, 0.25) is 0 Å². The largest absolute Gasteiger partial charge is 0.451 e. The summed E-state index contributed by atoms with van der Waals surface area (Å²) in [5.41, 5.74) is 1.67. The molecule has 0 fully saturated rings. The Kier molecular flexibility index (Phi) is 2.31. The Morgan fingerprint density at radius 3 is 2.58 bits per heavy atom. The average Bonchev–Trinajstić information content (AvgIpc) is 2.32. The van der Waals surface area contributed by atoms with E-state index in [9.17, 15) is 0 Å². The normalized spacial score (nSPS) is 13.5. The second-order valence-electron chi connectivity index (χ2n) is 3.74. The lowest BCUT2D eigenvalue weighted by Crippen LogP contribution is -2.13. The van der Waals surface area contributed by atoms with E-state index in [2.05, 4.69) is 30.7 Å². The van der Waals surface area contributed by atoms with Crippen molar-refractivity contribution in [3.05, 3.63) is 18.4 Å². The van der Waals surface area contributed by atoms with Crippen LogP contribution < -0.4 is 0 Å². The fraction of sp³-hybridized carbons (Fsp3) is 0.556. The third-order valence-electron chi connectivity index (χ3n) is 1.31. The first-order chi connectivity index (χ1) is 5.49. The van der Waals surface area contributed by atoms with Gasteiger partial charge < -0.3 is 4.42 Å². The van der Waals surface area contributed by atoms with E-state index in [4.69, 9.17) is 4.42 Å². The zero-order valence-electron chi connectivity index (χ0n) is 7.96. The van der Waals surface area contributed by atoms with Crippen molar-refractivity contribution in [2.24, 2.45) is 4.99 Å². The number of hydrogen-bond donors (Lipinski definition) is 0. The molecule has 0 aliphatic rings. The van der Waals surface area contributed by atoms with Gasteiger partial charge >= 0.3 is 0 Å². The monoisotopic (exact) mass is 166 g/mol. The predicted octanol–water partition coefficient (Wildman–Crippen LogP) is 2.28. The van der Waals surface area contributed by atoms with Crippen LogP contribution in [0.5, 0.6) is 0 Å². The van der Waals surface area contributed by atoms with E-state index in [0.717, 1.165) is 11.4 Å². The number of rotatable bonds is 1. The lowest BCUT2D eigenvalue weighted by Gasteiger charge is -2.12. The summed E-state index contributed by atoms with van der Waals surface area (Å²) >= 11 is 0. The minimum absolute atomic E-state index is 0.0525. The van der Waals surface area contributed by atoms with Crippen molar-refractivity contribution < 1.29 is 4.42 Å². The van der Waals surface area contributed by atoms with Crippen LogP contribution in [0.25, 0.3) is 0 Å². The molecule has 0 spiro atoms. The van der Waals surface area contributed by atoms with Gasteiger partial charge in [0.05, 0.1) is 11.3 Å². The van der Waals surface area contributed by atoms with E-state index in [1.807, 2.05) is 6.92 Å². The Morgan fingerprint density at radius 1 is 1.50 bits per heavy atom. The van der Waals surface area contributed by atoms with Crippen LogP contribution in [0.1, 0.15) is 33.4 Å². The second kappa shape index (κ2) is 3.09. The Morgan fingerprint density at radius 2 is 2.17 bits per heavy atom. The molecule has 3 heteroatoms. The van der Waals surface area contributed by atoms with Crippen molar-refractivity contribution in [3.8, 4) is 0 Å². The lowest BCUT2D eigenvalue weighted by atomic mass is 10.1. The molecule has 0 unspecified atom stereocenters. The molecule has 1 aromatic heterocycles. The summed E-state index contributed by atoms with van der Waals surface area (Å²) < 4.78 is 4.86. The van der Waals surface area contributed by atoms with Crippen LogP contribution in [0.3, 0.4) is 0 Å². The highest BCUT2D eigenvalue weighted by Gasteiger charge is 2.09. The maximum atomic E-state index is 4.86. The molecular weight excluding hydrogens is 152 g/mol. The number of nitrogens with zero attached hydrogens (tertiary/aromatic N) is 2. The van der Waals surface area contributed by atoms with Crippen molar-refractivity contribution >= 4 is 5.71 Å². The third-order valence-corrected chi connectivity index (χ3v) is 1.31. The molecule has 66 valence electrons. The quantitative estimate of drug-likeness (QED) is 0.600. The summed E-state index contributed by atoms with van der Waals surface area (Å²) in [5.74, 6) is 0. The van der Waals surface area contributed by atoms with Gasteiger partial charge in [0.1, 0.15) is 12.0 Å². The predicted molar refractivity (Wildman–Crippen MR) is 48.5 cm³/mol. The van der Waals surface area contributed by atoms with E-state index < -0.39 is 0 Å². The van der Waals surface area contributed by atoms with Crippen LogP contribution in [0, 0.1) is 0 Å². The summed E-state index contributed by atoms with van der Waals surface area (Å²) in [4.78, 5) is 8.45. The van der Waals surface area contributed by atoms with Crippen molar-refractivity contribution in [2.45, 2.75) is 33.2 Å². The van der Waals surface area contributed by atoms with Gasteiger partial charge in [-0.3, -0.25) is 4.99 Å². The fourth-order valence-electron chi connectivity index (χ4n) is 0.952. The Labute approximate surface area is 72.5 Å². The molecule has 1 heterocycles. The zero-order chi connectivity index (χ0) is 9.19. The van der Waals surface area contributed by atoms with E-state index in [0.29, 0.717) is 0 Å². The second-order valence-corrected chi connectivity index (χ2v) is 3.74. The molecule has 1 rings (SSSR count). The summed E-state index contributed by atoms with van der Waals surface area (Å²) in [5, 5.41) is 0. The van der Waals surface area contributed by atoms with Crippen molar-refractivity contribution in [2.75, 3.05) is 0 Å². The van der Waals surface area contributed by atoms with Crippen LogP contribution in [0.4, 0.5) is 0 Å². The summed E-state index contributed by atoms with van der Waals surface area (Å²) in [6.07, 6.45) is 3.02. The first kappa shape index (κ1) is 8.97. The number of hydrogen-bond acceptors (Lipinski definition) is 3. The number of aliphatic imine (C=N–C) groups is 1. The molecular formula is C9H14N2O. The van der Waals surface area contributed by atoms with Gasteiger partial charge in [-0.2, -0.15) is 0 Å². The van der Waals surface area contributed by atoms with E-state index >= 15 is 0 Å². The number of aromatic nitrogens is 1. The lowest BCUT2D eigenvalue weighted by molar-refractivity contribution is 0.557. The Balaban J connectivity index is 2.85. The first-order valence-corrected chi connectivity index (χ1v) is 3.94. The molecule has 0 saturated heterocycles. The van der Waals surface area contributed by atoms with Gasteiger partial charge in [-0.25, -0.2) is 4.98 Å². The number of oxazole rings is 1. The van der Waals surface area contributed by atoms with Gasteiger partial charge in [-0.1, -0.05) is 0 Å². The highest BCUT2D eigenvalue weighted by Crippen LogP contribution is 2.09. The maximum absolute atomic E-state index is 4.86. The van der Waals surface area contributed by atoms with Gasteiger partial charge in [0, 0.05) is 0 Å². The van der Waals surface area contributed by atoms with E-state index in [-0.39, 0.29) is 5.54 Å². The topological polar surface area (TPSA) is 38.4 Å². The molecule has 1 aromatic rings. The van der Waals surface area contributed by atoms with Crippen LogP contribution in [0.15, 0.2) is 22.1 Å². The van der Waals surface area contributed by atoms with E-state index in [1.54, 1.807) is 6.26 Å². The standard InChI is InChI=1S/C9H14N2O/c1-7(11-9(2,3)4)8-5-12-6-10-8/h5-6H,1-4H3. The van der Waals surface area contributed by atoms with Gasteiger partial charge in [-0.15, -0.1) is 0 Å². The minimum Gasteiger partial charge on any atom is -0.451 e. The molecule has 0 aliphatic carbocycles. The Bertz CT molecular complexity index is 267. The fourth-order valence-corrected chi connectivity index (χ4v) is 0.952. The summed E-state index contributed by atoms with van der Waals surface area (Å²) in [7, 11) is 0. The van der Waals surface area contributed by atoms with Gasteiger partial charge in [-0.05, 0) is 27.7 Å². The molecule has 3 nitrogen and oxygen atoms in total. The summed E-state index contributed by atoms with van der Waals surface area (Å²) in [6.45, 7) is 8.09. The van der Waals surface area contributed by atoms with Crippen molar-refractivity contribution in [1.29, 1.82) is 0 Å². The Hall–Kier alpha value is -1.12. The van der Waals surface area contributed by atoms with Crippen LogP contribution in [-0.4, -0.2) is 16.2 Å². The van der Waals surface area contributed by atoms with Gasteiger partial charge in [0.2, 0.25) is 0 Å². The average molecular weight is 166 g/mol. The minimum atomic E-state index is -0.0525. The van der Waals surface area contributed by atoms with Gasteiger partial charge in [0.25, 0.3) is 0 Å². The molecule has 0 amide bonds. The third kappa shape index (κ3) is 2.49. The zero-order valence-corrected chi connectivity index (χ0v) is 7.96. The first-order valence-electron chi connectivity index (χ1n) is 3.94. The molecule has 0 N–H and O–H groups in total. The molecule has 0 aromatic carbocycles. The van der Waals surface area contributed by atoms with Gasteiger partial charge in [0.15, 0.2) is 6.39 Å². The highest BCUT2D eigenvalue weighted by molar-refractivity contribution is 5.96. The maximum Gasteiger partial charge on any atom is 0.181 e.